The number of aromatic hydroxyl groups is 1. The lowest BCUT2D eigenvalue weighted by molar-refractivity contribution is -0.438. The molecule has 105 heavy (non-hydrogen) atoms. The Morgan fingerprint density at radius 2 is 1.38 bits per heavy atom. The molecule has 5 aromatic carbocycles. The van der Waals surface area contributed by atoms with Crippen LogP contribution in [-0.4, -0.2) is 118 Å². The Labute approximate surface area is 626 Å². The molecular weight excluding hydrogens is 1370 g/mol. The van der Waals surface area contributed by atoms with Crippen molar-refractivity contribution in [2.75, 3.05) is 35.5 Å². The Balaban J connectivity index is 0.773. The number of anilines is 2. The highest BCUT2D eigenvalue weighted by Gasteiger charge is 2.46. The van der Waals surface area contributed by atoms with E-state index in [1.807, 2.05) is 36.4 Å². The monoisotopic (exact) mass is 1480 g/mol. The van der Waals surface area contributed by atoms with E-state index in [0.29, 0.717) is 60.4 Å². The van der Waals surface area contributed by atoms with Gasteiger partial charge in [-0.05, 0) is 206 Å². The van der Waals surface area contributed by atoms with E-state index in [1.54, 1.807) is 48.5 Å². The number of nitrogens with one attached hydrogen (secondary N) is 2. The molecule has 1 aliphatic carbocycles. The van der Waals surface area contributed by atoms with Gasteiger partial charge in [0.05, 0.1) is 59.6 Å². The van der Waals surface area contributed by atoms with Crippen molar-refractivity contribution in [3.8, 4) is 11.5 Å². The van der Waals surface area contributed by atoms with Crippen LogP contribution >= 0.6 is 0 Å². The number of carbonyl (C=O) groups excluding carboxylic acids is 1. The fourth-order valence-electron chi connectivity index (χ4n) is 16.0. The average molecular weight is 1480 g/mol. The van der Waals surface area contributed by atoms with Crippen LogP contribution in [0.1, 0.15) is 235 Å². The molecule has 5 heterocycles. The van der Waals surface area contributed by atoms with Gasteiger partial charge in [-0.2, -0.15) is 4.58 Å². The van der Waals surface area contributed by atoms with E-state index in [2.05, 4.69) is 130 Å². The van der Waals surface area contributed by atoms with Crippen molar-refractivity contribution in [2.45, 2.75) is 268 Å². The highest BCUT2D eigenvalue weighted by atomic mass is 32.2. The molecule has 6 aliphatic rings. The molecule has 0 aromatic heterocycles. The van der Waals surface area contributed by atoms with Crippen LogP contribution in [0.15, 0.2) is 161 Å². The Hall–Kier alpha value is -6.82. The standard InChI is InChI=1S/C85H112N4O14S2/c1-11-15-45-88-75-41-33-56(5)47-73(75)84(6,7)77(88)43-36-57-23-17-24-58(37-44-78-85(8,9)74-54-72(105(10,95)96)40-42-76(74)89(78)46-16-12-2)80(57)99-67-29-19-26-61(49-67)83-100-66(22-13-3)53-71(103-83)50-64(91)28-20-30-69-52-70(102-82(101-69)60-25-18-27-63(90)48-60)32-21-31-68-51-65(14-4)97-79(98-68)55-86-81(92)59-34-38-62(39-35-59)87-104(93)94/h18-19,25-27,29,33-44,47-49,54,64-66,68-71,79,82-83,91H,11-17,20-24,28,30-32,45-46,50-53,55H2,1-10H3,(H3-,86,87,90,92,93,94)/p+1. The largest absolute Gasteiger partial charge is 0.508 e. The van der Waals surface area contributed by atoms with E-state index in [9.17, 15) is 27.6 Å². The van der Waals surface area contributed by atoms with Gasteiger partial charge in [0.15, 0.2) is 34.4 Å². The van der Waals surface area contributed by atoms with Crippen LogP contribution in [0.5, 0.6) is 11.5 Å². The number of sulfone groups is 1. The lowest BCUT2D eigenvalue weighted by atomic mass is 9.81. The third-order valence-electron chi connectivity index (χ3n) is 21.7. The number of rotatable bonds is 32. The number of benzene rings is 5. The number of amides is 1. The Kier molecular flexibility index (Phi) is 27.1. The average Bonchev–Trinajstić information content (AvgIpc) is 1.59. The first kappa shape index (κ1) is 79.2. The fraction of sp³-hybridized carbons (Fsp3) is 0.529. The zero-order valence-corrected chi connectivity index (χ0v) is 64.9. The van der Waals surface area contributed by atoms with Gasteiger partial charge in [0, 0.05) is 88.9 Å². The van der Waals surface area contributed by atoms with E-state index in [1.165, 1.54) is 28.8 Å². The maximum absolute atomic E-state index is 13.1. The van der Waals surface area contributed by atoms with Gasteiger partial charge in [-0.15, -0.1) is 0 Å². The number of unbranched alkanes of at least 4 members (excludes halogenated alkanes) is 2. The van der Waals surface area contributed by atoms with Crippen molar-refractivity contribution in [1.29, 1.82) is 0 Å². The molecule has 0 saturated carbocycles. The van der Waals surface area contributed by atoms with Crippen LogP contribution in [0.25, 0.3) is 0 Å². The molecule has 5 N–H and O–H groups in total. The third-order valence-corrected chi connectivity index (χ3v) is 23.2. The second-order valence-electron chi connectivity index (χ2n) is 30.6. The first-order chi connectivity index (χ1) is 50.4. The molecule has 3 fully saturated rings. The van der Waals surface area contributed by atoms with E-state index in [-0.39, 0.29) is 60.2 Å². The predicted molar refractivity (Wildman–Crippen MR) is 414 cm³/mol. The number of carbonyl (C=O) groups is 1. The zero-order valence-electron chi connectivity index (χ0n) is 63.3. The number of nitrogens with zero attached hydrogens (tertiary/aromatic N) is 2. The van der Waals surface area contributed by atoms with Crippen LogP contribution in [-0.2, 0) is 60.4 Å². The molecule has 5 aromatic rings. The highest BCUT2D eigenvalue weighted by Crippen LogP contribution is 2.49. The molecule has 5 aliphatic heterocycles. The minimum Gasteiger partial charge on any atom is -0.508 e. The molecule has 3 saturated heterocycles. The van der Waals surface area contributed by atoms with Crippen LogP contribution in [0.4, 0.5) is 17.1 Å². The van der Waals surface area contributed by atoms with E-state index in [4.69, 9.17) is 37.7 Å². The van der Waals surface area contributed by atoms with Crippen LogP contribution < -0.4 is 19.7 Å². The summed E-state index contributed by atoms with van der Waals surface area (Å²) < 4.78 is 98.0. The number of fused-ring (bicyclic) bond motifs is 2. The molecule has 0 radical (unpaired) electrons. The number of aliphatic hydroxyl groups excluding tert-OH is 1. The predicted octanol–water partition coefficient (Wildman–Crippen LogP) is 17.6. The Morgan fingerprint density at radius 1 is 0.714 bits per heavy atom. The van der Waals surface area contributed by atoms with Gasteiger partial charge in [0.2, 0.25) is 5.69 Å². The minimum atomic E-state index is -3.43. The molecule has 20 heteroatoms. The number of allylic oxidation sites excluding steroid dienone is 7. The van der Waals surface area contributed by atoms with E-state index >= 15 is 0 Å². The summed E-state index contributed by atoms with van der Waals surface area (Å²) in [4.78, 5) is 15.9. The maximum Gasteiger partial charge on any atom is 0.259 e. The van der Waals surface area contributed by atoms with Crippen LogP contribution in [0.2, 0.25) is 0 Å². The Bertz CT molecular complexity index is 4130. The number of aryl methyl sites for hydroxylation is 1. The molecule has 18 nitrogen and oxygen atoms in total. The van der Waals surface area contributed by atoms with Crippen LogP contribution in [0, 0.1) is 6.92 Å². The van der Waals surface area contributed by atoms with Crippen molar-refractivity contribution in [1.82, 2.24) is 5.32 Å². The summed E-state index contributed by atoms with van der Waals surface area (Å²) in [6, 6.07) is 33.9. The molecule has 11 atom stereocenters. The first-order valence-corrected chi connectivity index (χ1v) is 41.5. The normalized spacial score (nSPS) is 25.2. The summed E-state index contributed by atoms with van der Waals surface area (Å²) in [5, 5.41) is 25.4. The third kappa shape index (κ3) is 20.1. The van der Waals surface area contributed by atoms with Gasteiger partial charge in [-0.1, -0.05) is 109 Å². The smallest absolute Gasteiger partial charge is 0.259 e. The maximum atomic E-state index is 13.1. The van der Waals surface area contributed by atoms with E-state index in [0.717, 1.165) is 148 Å². The SMILES string of the molecule is CCCCN1/C(=C/C=C2\CCCC(/C=C/C3=[N+](CCCC)c4ccc(S(C)(=O)=O)cc4C3(C)C)=C2Oc2cccc(C3OC(CCC)CC(CC(O)CCCC4CC(CCCC5CC(CC)OC(CNC(=O)c6ccc(NS(=O)O)cc6)O5)OC(c5cccc(O)c5)O4)O3)c2)C(C)(C)c2cc(C)ccc21. The fourth-order valence-corrected chi connectivity index (χ4v) is 17.0. The molecule has 11 rings (SSSR count). The van der Waals surface area contributed by atoms with E-state index < -0.39 is 51.5 Å². The highest BCUT2D eigenvalue weighted by molar-refractivity contribution is 7.90. The van der Waals surface area contributed by atoms with Crippen molar-refractivity contribution in [2.24, 2.45) is 0 Å². The molecule has 1 amide bonds. The van der Waals surface area contributed by atoms with Gasteiger partial charge in [0.1, 0.15) is 23.8 Å². The summed E-state index contributed by atoms with van der Waals surface area (Å²) in [5.41, 5.74) is 12.1. The van der Waals surface area contributed by atoms with Crippen molar-refractivity contribution in [3.05, 3.63) is 189 Å². The number of phenolic OH excluding ortho intramolecular Hbond substituents is 1. The first-order valence-electron chi connectivity index (χ1n) is 38.6. The number of hydrogen-bond acceptors (Lipinski definition) is 14. The summed E-state index contributed by atoms with van der Waals surface area (Å²) in [6.45, 7) is 21.8. The van der Waals surface area contributed by atoms with Crippen molar-refractivity contribution >= 4 is 49.8 Å². The number of phenols is 1. The summed E-state index contributed by atoms with van der Waals surface area (Å²) in [7, 11) is -3.43. The van der Waals surface area contributed by atoms with Gasteiger partial charge in [-0.25, -0.2) is 12.6 Å². The van der Waals surface area contributed by atoms with Crippen molar-refractivity contribution < 1.29 is 69.9 Å². The van der Waals surface area contributed by atoms with Gasteiger partial charge in [-0.3, -0.25) is 14.1 Å². The summed E-state index contributed by atoms with van der Waals surface area (Å²) in [5.74, 6) is 1.31. The second-order valence-corrected chi connectivity index (χ2v) is 33.3. The van der Waals surface area contributed by atoms with Crippen LogP contribution in [0.3, 0.4) is 0 Å². The number of aliphatic hydroxyl groups is 1. The molecular formula is C85H113N4O14S2+. The number of hydrogen-bond donors (Lipinski definition) is 5. The summed E-state index contributed by atoms with van der Waals surface area (Å²) in [6.07, 6.45) is 23.2. The number of ether oxygens (including phenoxy) is 7. The molecule has 0 spiro atoms. The minimum absolute atomic E-state index is 0.0291. The van der Waals surface area contributed by atoms with Gasteiger partial charge >= 0.3 is 0 Å². The quantitative estimate of drug-likeness (QED) is 0.0199. The molecule has 11 unspecified atom stereocenters. The summed E-state index contributed by atoms with van der Waals surface area (Å²) >= 11 is -2.22. The van der Waals surface area contributed by atoms with Crippen molar-refractivity contribution in [3.63, 3.8) is 0 Å². The van der Waals surface area contributed by atoms with Gasteiger partial charge < -0.3 is 53.6 Å². The molecule has 0 bridgehead atoms. The van der Waals surface area contributed by atoms with Gasteiger partial charge in [0.25, 0.3) is 17.2 Å². The lowest BCUT2D eigenvalue weighted by Crippen LogP contribution is -2.44. The Morgan fingerprint density at radius 3 is 2.08 bits per heavy atom. The zero-order chi connectivity index (χ0) is 74.6. The molecule has 568 valence electrons. The topological polar surface area (TPSA) is 224 Å². The second kappa shape index (κ2) is 35.9. The lowest BCUT2D eigenvalue weighted by Gasteiger charge is -2.38.